The van der Waals surface area contributed by atoms with Crippen LogP contribution in [-0.4, -0.2) is 34.2 Å². The number of phenolic OH excluding ortho intramolecular Hbond substituents is 1. The van der Waals surface area contributed by atoms with Gasteiger partial charge < -0.3 is 14.6 Å². The van der Waals surface area contributed by atoms with Crippen LogP contribution in [0.1, 0.15) is 61.5 Å². The lowest BCUT2D eigenvalue weighted by Crippen LogP contribution is -2.61. The second-order valence-corrected chi connectivity index (χ2v) is 8.73. The van der Waals surface area contributed by atoms with Gasteiger partial charge in [-0.25, -0.2) is 0 Å². The molecule has 4 nitrogen and oxygen atoms in total. The molecule has 2 bridgehead atoms. The molecule has 1 unspecified atom stereocenters. The molecule has 1 aromatic carbocycles. The van der Waals surface area contributed by atoms with Crippen molar-refractivity contribution < 1.29 is 14.6 Å². The molecule has 1 saturated carbocycles. The van der Waals surface area contributed by atoms with Crippen LogP contribution in [0.4, 0.5) is 0 Å². The Morgan fingerprint density at radius 2 is 2.15 bits per heavy atom. The van der Waals surface area contributed by atoms with Crippen LogP contribution in [-0.2, 0) is 11.8 Å². The first kappa shape index (κ1) is 17.3. The number of aliphatic hydroxyl groups is 1. The van der Waals surface area contributed by atoms with Gasteiger partial charge in [0.25, 0.3) is 0 Å². The Labute approximate surface area is 160 Å². The van der Waals surface area contributed by atoms with Crippen molar-refractivity contribution in [2.45, 2.75) is 62.5 Å². The molecule has 3 aliphatic rings. The molecular formula is C23H29NO3. The van der Waals surface area contributed by atoms with Gasteiger partial charge in [0.1, 0.15) is 17.6 Å². The lowest BCUT2D eigenvalue weighted by atomic mass is 9.52. The Bertz CT molecular complexity index is 802. The summed E-state index contributed by atoms with van der Waals surface area (Å²) in [5, 5.41) is 20.5. The van der Waals surface area contributed by atoms with E-state index in [0.717, 1.165) is 19.5 Å². The molecule has 2 aliphatic carbocycles. The van der Waals surface area contributed by atoms with Gasteiger partial charge in [-0.2, -0.15) is 0 Å². The standard InChI is InChI=1S/C23H29NO3/c25-17-7-6-16-14-20-18-4-1-2-9-23(18,19(16)15-17)10-12-24(20)11-8-21(26)22-5-3-13-27-22/h3,5-7,13,15,18,20-21,25-26H,1-2,4,8-12,14H2/t18-,20+,21?,23+/m0/s1. The molecule has 27 heavy (non-hydrogen) atoms. The smallest absolute Gasteiger partial charge is 0.132 e. The first-order valence-electron chi connectivity index (χ1n) is 10.5. The predicted molar refractivity (Wildman–Crippen MR) is 104 cm³/mol. The van der Waals surface area contributed by atoms with E-state index in [0.29, 0.717) is 29.9 Å². The molecule has 1 aromatic heterocycles. The van der Waals surface area contributed by atoms with Crippen molar-refractivity contribution in [2.24, 2.45) is 5.92 Å². The summed E-state index contributed by atoms with van der Waals surface area (Å²) < 4.78 is 5.37. The molecule has 144 valence electrons. The summed E-state index contributed by atoms with van der Waals surface area (Å²) in [7, 11) is 0. The minimum atomic E-state index is -0.522. The van der Waals surface area contributed by atoms with E-state index in [4.69, 9.17) is 4.42 Å². The van der Waals surface area contributed by atoms with Crippen LogP contribution < -0.4 is 0 Å². The van der Waals surface area contributed by atoms with Crippen LogP contribution in [0, 0.1) is 5.92 Å². The number of phenols is 1. The van der Waals surface area contributed by atoms with Crippen LogP contribution in [0.5, 0.6) is 5.75 Å². The van der Waals surface area contributed by atoms with E-state index in [1.807, 2.05) is 18.2 Å². The maximum Gasteiger partial charge on any atom is 0.132 e. The molecule has 0 spiro atoms. The van der Waals surface area contributed by atoms with Crippen LogP contribution in [0.25, 0.3) is 0 Å². The van der Waals surface area contributed by atoms with Gasteiger partial charge in [0.2, 0.25) is 0 Å². The zero-order valence-electron chi connectivity index (χ0n) is 15.8. The van der Waals surface area contributed by atoms with Gasteiger partial charge in [-0.3, -0.25) is 4.90 Å². The van der Waals surface area contributed by atoms with Crippen molar-refractivity contribution in [1.82, 2.24) is 4.90 Å². The van der Waals surface area contributed by atoms with E-state index >= 15 is 0 Å². The Kier molecular flexibility index (Phi) is 4.29. The second-order valence-electron chi connectivity index (χ2n) is 8.73. The maximum absolute atomic E-state index is 10.4. The summed E-state index contributed by atoms with van der Waals surface area (Å²) in [6, 6.07) is 10.3. The Morgan fingerprint density at radius 1 is 1.22 bits per heavy atom. The monoisotopic (exact) mass is 367 g/mol. The number of fused-ring (bicyclic) bond motifs is 1. The molecule has 2 heterocycles. The minimum absolute atomic E-state index is 0.255. The number of nitrogens with zero attached hydrogens (tertiary/aromatic N) is 1. The maximum atomic E-state index is 10.4. The summed E-state index contributed by atoms with van der Waals surface area (Å²) in [4.78, 5) is 2.62. The zero-order chi connectivity index (χ0) is 18.4. The van der Waals surface area contributed by atoms with Gasteiger partial charge in [0.15, 0.2) is 0 Å². The molecule has 1 saturated heterocycles. The Hall–Kier alpha value is -1.78. The van der Waals surface area contributed by atoms with Gasteiger partial charge in [-0.1, -0.05) is 18.9 Å². The topological polar surface area (TPSA) is 56.8 Å². The molecule has 2 N–H and O–H groups in total. The molecule has 4 heteroatoms. The Morgan fingerprint density at radius 3 is 3.00 bits per heavy atom. The number of aromatic hydroxyl groups is 1. The third kappa shape index (κ3) is 2.81. The molecule has 2 fully saturated rings. The number of benzene rings is 1. The largest absolute Gasteiger partial charge is 0.508 e. The second kappa shape index (κ2) is 6.68. The van der Waals surface area contributed by atoms with Crippen molar-refractivity contribution in [1.29, 1.82) is 0 Å². The predicted octanol–water partition coefficient (Wildman–Crippen LogP) is 4.17. The highest BCUT2D eigenvalue weighted by Crippen LogP contribution is 2.56. The fourth-order valence-corrected chi connectivity index (χ4v) is 6.26. The average molecular weight is 367 g/mol. The van der Waals surface area contributed by atoms with Gasteiger partial charge in [-0.15, -0.1) is 0 Å². The van der Waals surface area contributed by atoms with Gasteiger partial charge in [0, 0.05) is 18.0 Å². The van der Waals surface area contributed by atoms with E-state index < -0.39 is 6.10 Å². The van der Waals surface area contributed by atoms with Crippen molar-refractivity contribution in [3.05, 3.63) is 53.5 Å². The van der Waals surface area contributed by atoms with E-state index in [9.17, 15) is 10.2 Å². The van der Waals surface area contributed by atoms with Crippen LogP contribution in [0.2, 0.25) is 0 Å². The minimum Gasteiger partial charge on any atom is -0.508 e. The highest BCUT2D eigenvalue weighted by molar-refractivity contribution is 5.45. The number of piperidine rings is 1. The first-order chi connectivity index (χ1) is 13.2. The number of hydrogen-bond donors (Lipinski definition) is 2. The number of likely N-dealkylation sites (tertiary alicyclic amines) is 1. The SMILES string of the molecule is Oc1ccc2c(c1)[C@@]13CCCC[C@H]1[C@@H](C2)N(CCC(O)c1ccco1)CC3. The van der Waals surface area contributed by atoms with Crippen molar-refractivity contribution in [3.63, 3.8) is 0 Å². The third-order valence-corrected chi connectivity index (χ3v) is 7.50. The summed E-state index contributed by atoms with van der Waals surface area (Å²) in [5.74, 6) is 1.76. The van der Waals surface area contributed by atoms with Gasteiger partial charge in [-0.05, 0) is 80.0 Å². The van der Waals surface area contributed by atoms with Gasteiger partial charge >= 0.3 is 0 Å². The fraction of sp³-hybridized carbons (Fsp3) is 0.565. The third-order valence-electron chi connectivity index (χ3n) is 7.50. The summed E-state index contributed by atoms with van der Waals surface area (Å²) in [5.41, 5.74) is 3.11. The van der Waals surface area contributed by atoms with Crippen molar-refractivity contribution in [3.8, 4) is 5.75 Å². The van der Waals surface area contributed by atoms with Crippen LogP contribution in [0.3, 0.4) is 0 Å². The molecule has 0 radical (unpaired) electrons. The summed E-state index contributed by atoms with van der Waals surface area (Å²) in [6.07, 6.45) is 9.22. The number of hydrogen-bond acceptors (Lipinski definition) is 4. The fourth-order valence-electron chi connectivity index (χ4n) is 6.26. The van der Waals surface area contributed by atoms with Crippen LogP contribution in [0.15, 0.2) is 41.0 Å². The lowest BCUT2D eigenvalue weighted by Gasteiger charge is -2.59. The molecular weight excluding hydrogens is 338 g/mol. The molecule has 2 aromatic rings. The Balaban J connectivity index is 1.40. The zero-order valence-corrected chi connectivity index (χ0v) is 15.8. The van der Waals surface area contributed by atoms with E-state index in [-0.39, 0.29) is 5.41 Å². The van der Waals surface area contributed by atoms with Gasteiger partial charge in [0.05, 0.1) is 6.26 Å². The number of furan rings is 1. The highest BCUT2D eigenvalue weighted by Gasteiger charge is 2.53. The number of aliphatic hydroxyl groups excluding tert-OH is 1. The lowest BCUT2D eigenvalue weighted by molar-refractivity contribution is -0.0182. The summed E-state index contributed by atoms with van der Waals surface area (Å²) in [6.45, 7) is 1.99. The average Bonchev–Trinajstić information content (AvgIpc) is 3.22. The van der Waals surface area contributed by atoms with E-state index in [2.05, 4.69) is 17.0 Å². The first-order valence-corrected chi connectivity index (χ1v) is 10.5. The molecule has 1 aliphatic heterocycles. The normalized spacial score (nSPS) is 31.1. The molecule has 0 amide bonds. The molecule has 5 rings (SSSR count). The van der Waals surface area contributed by atoms with Crippen molar-refractivity contribution >= 4 is 0 Å². The summed E-state index contributed by atoms with van der Waals surface area (Å²) >= 11 is 0. The number of rotatable bonds is 4. The highest BCUT2D eigenvalue weighted by atomic mass is 16.4. The van der Waals surface area contributed by atoms with Crippen molar-refractivity contribution in [2.75, 3.05) is 13.1 Å². The quantitative estimate of drug-likeness (QED) is 0.852. The van der Waals surface area contributed by atoms with E-state index in [1.54, 1.807) is 6.26 Å². The molecule has 4 atom stereocenters. The van der Waals surface area contributed by atoms with E-state index in [1.165, 1.54) is 43.2 Å². The van der Waals surface area contributed by atoms with Crippen LogP contribution >= 0.6 is 0 Å².